The number of carbonyl (C=O) groups is 1. The number of amides is 1. The van der Waals surface area contributed by atoms with E-state index in [4.69, 9.17) is 5.73 Å². The molecule has 1 aliphatic rings. The summed E-state index contributed by atoms with van der Waals surface area (Å²) in [5, 5.41) is 0. The molecule has 1 amide bonds. The molecule has 1 aromatic carbocycles. The van der Waals surface area contributed by atoms with Crippen LogP contribution in [0.5, 0.6) is 0 Å². The summed E-state index contributed by atoms with van der Waals surface area (Å²) in [5.74, 6) is 0.735. The first kappa shape index (κ1) is 15.9. The number of nitrogens with two attached hydrogens (primary N) is 1. The number of halogens is 1. The van der Waals surface area contributed by atoms with Crippen molar-refractivity contribution in [3.63, 3.8) is 0 Å². The van der Waals surface area contributed by atoms with Crippen molar-refractivity contribution in [2.45, 2.75) is 37.6 Å². The Morgan fingerprint density at radius 3 is 2.65 bits per heavy atom. The zero-order valence-corrected chi connectivity index (χ0v) is 14.4. The van der Waals surface area contributed by atoms with E-state index in [1.807, 2.05) is 4.90 Å². The average Bonchev–Trinajstić information content (AvgIpc) is 2.42. The summed E-state index contributed by atoms with van der Waals surface area (Å²) in [5.41, 5.74) is 8.28. The van der Waals surface area contributed by atoms with E-state index in [1.54, 1.807) is 11.8 Å². The molecule has 0 aliphatic carbocycles. The van der Waals surface area contributed by atoms with Gasteiger partial charge >= 0.3 is 0 Å². The highest BCUT2D eigenvalue weighted by molar-refractivity contribution is 9.10. The second-order valence-electron chi connectivity index (χ2n) is 5.37. The molecular weight excluding hydrogens is 336 g/mol. The minimum Gasteiger partial charge on any atom is -0.342 e. The van der Waals surface area contributed by atoms with Crippen LogP contribution >= 0.6 is 27.7 Å². The lowest BCUT2D eigenvalue weighted by atomic mass is 10.1. The van der Waals surface area contributed by atoms with Gasteiger partial charge in [0.25, 0.3) is 0 Å². The fourth-order valence-corrected chi connectivity index (χ4v) is 3.76. The highest BCUT2D eigenvalue weighted by Gasteiger charge is 2.20. The molecule has 1 heterocycles. The highest BCUT2D eigenvalue weighted by atomic mass is 79.9. The van der Waals surface area contributed by atoms with E-state index in [1.165, 1.54) is 16.0 Å². The molecule has 0 spiro atoms. The number of aryl methyl sites for hydroxylation is 2. The Kier molecular flexibility index (Phi) is 5.52. The number of nitrogens with zero attached hydrogens (tertiary/aromatic N) is 1. The third-order valence-corrected chi connectivity index (χ3v) is 5.70. The van der Waals surface area contributed by atoms with Gasteiger partial charge in [-0.3, -0.25) is 4.79 Å². The molecule has 1 aliphatic heterocycles. The van der Waals surface area contributed by atoms with Gasteiger partial charge in [0.15, 0.2) is 0 Å². The molecule has 5 heteroatoms. The lowest BCUT2D eigenvalue weighted by Gasteiger charge is -2.30. The maximum Gasteiger partial charge on any atom is 0.232 e. The minimum atomic E-state index is 0.224. The molecule has 3 nitrogen and oxygen atoms in total. The summed E-state index contributed by atoms with van der Waals surface area (Å²) in [6.45, 7) is 5.76. The molecule has 0 radical (unpaired) electrons. The largest absolute Gasteiger partial charge is 0.342 e. The van der Waals surface area contributed by atoms with Crippen LogP contribution in [-0.2, 0) is 4.79 Å². The smallest absolute Gasteiger partial charge is 0.232 e. The summed E-state index contributed by atoms with van der Waals surface area (Å²) in [6.07, 6.45) is 1.85. The predicted molar refractivity (Wildman–Crippen MR) is 88.1 cm³/mol. The first-order chi connectivity index (χ1) is 9.47. The summed E-state index contributed by atoms with van der Waals surface area (Å²) in [7, 11) is 0. The minimum absolute atomic E-state index is 0.224. The second kappa shape index (κ2) is 6.96. The van der Waals surface area contributed by atoms with Gasteiger partial charge in [0.2, 0.25) is 5.91 Å². The van der Waals surface area contributed by atoms with Gasteiger partial charge in [0.1, 0.15) is 0 Å². The summed E-state index contributed by atoms with van der Waals surface area (Å²) in [6, 6.07) is 4.52. The average molecular weight is 357 g/mol. The van der Waals surface area contributed by atoms with Gasteiger partial charge in [0.05, 0.1) is 5.75 Å². The molecule has 1 aromatic rings. The number of hydrogen-bond donors (Lipinski definition) is 1. The van der Waals surface area contributed by atoms with Gasteiger partial charge in [-0.05, 0) is 49.9 Å². The summed E-state index contributed by atoms with van der Waals surface area (Å²) < 4.78 is 1.12. The van der Waals surface area contributed by atoms with E-state index < -0.39 is 0 Å². The van der Waals surface area contributed by atoms with E-state index in [0.29, 0.717) is 5.75 Å². The van der Waals surface area contributed by atoms with Crippen molar-refractivity contribution >= 4 is 33.6 Å². The van der Waals surface area contributed by atoms with Crippen LogP contribution < -0.4 is 5.73 Å². The van der Waals surface area contributed by atoms with E-state index in [2.05, 4.69) is 41.9 Å². The molecule has 0 unspecified atom stereocenters. The van der Waals surface area contributed by atoms with E-state index in [0.717, 1.165) is 30.4 Å². The van der Waals surface area contributed by atoms with Crippen molar-refractivity contribution in [1.29, 1.82) is 0 Å². The molecule has 110 valence electrons. The molecule has 0 atom stereocenters. The number of benzene rings is 1. The molecular formula is C15H21BrN2OS. The van der Waals surface area contributed by atoms with Crippen LogP contribution in [-0.4, -0.2) is 35.7 Å². The maximum absolute atomic E-state index is 12.2. The van der Waals surface area contributed by atoms with Crippen LogP contribution in [0.15, 0.2) is 21.5 Å². The normalized spacial score (nSPS) is 16.5. The van der Waals surface area contributed by atoms with Crippen LogP contribution in [0.3, 0.4) is 0 Å². The topological polar surface area (TPSA) is 46.3 Å². The van der Waals surface area contributed by atoms with Crippen molar-refractivity contribution in [3.8, 4) is 0 Å². The fraction of sp³-hybridized carbons (Fsp3) is 0.533. The van der Waals surface area contributed by atoms with E-state index >= 15 is 0 Å². The van der Waals surface area contributed by atoms with Gasteiger partial charge in [-0.1, -0.05) is 15.9 Å². The third kappa shape index (κ3) is 3.99. The Morgan fingerprint density at radius 2 is 2.00 bits per heavy atom. The number of likely N-dealkylation sites (tertiary alicyclic amines) is 1. The number of hydrogen-bond acceptors (Lipinski definition) is 3. The lowest BCUT2D eigenvalue weighted by Crippen LogP contribution is -2.43. The molecule has 2 rings (SSSR count). The van der Waals surface area contributed by atoms with Crippen LogP contribution in [0.1, 0.15) is 24.0 Å². The first-order valence-electron chi connectivity index (χ1n) is 6.90. The molecule has 20 heavy (non-hydrogen) atoms. The molecule has 1 fully saturated rings. The van der Waals surface area contributed by atoms with Gasteiger partial charge in [-0.25, -0.2) is 0 Å². The Morgan fingerprint density at radius 1 is 1.35 bits per heavy atom. The lowest BCUT2D eigenvalue weighted by molar-refractivity contribution is -0.129. The van der Waals surface area contributed by atoms with Crippen molar-refractivity contribution in [2.75, 3.05) is 18.8 Å². The van der Waals surface area contributed by atoms with Crippen molar-refractivity contribution in [1.82, 2.24) is 4.90 Å². The predicted octanol–water partition coefficient (Wildman–Crippen LogP) is 3.11. The zero-order chi connectivity index (χ0) is 14.7. The third-order valence-electron chi connectivity index (χ3n) is 3.70. The van der Waals surface area contributed by atoms with Crippen LogP contribution in [0, 0.1) is 13.8 Å². The van der Waals surface area contributed by atoms with E-state index in [-0.39, 0.29) is 11.9 Å². The Balaban J connectivity index is 1.92. The molecule has 0 aromatic heterocycles. The second-order valence-corrected chi connectivity index (χ2v) is 7.25. The van der Waals surface area contributed by atoms with Crippen molar-refractivity contribution in [3.05, 3.63) is 27.7 Å². The number of piperidine rings is 1. The molecule has 0 saturated carbocycles. The summed E-state index contributed by atoms with van der Waals surface area (Å²) in [4.78, 5) is 15.3. The molecule has 1 saturated heterocycles. The summed E-state index contributed by atoms with van der Waals surface area (Å²) >= 11 is 5.16. The standard InChI is InChI=1S/C15H21BrN2OS/c1-10-8-14(11(2)7-13(10)16)20-9-15(19)18-5-3-12(17)4-6-18/h7-8,12H,3-6,9,17H2,1-2H3. The highest BCUT2D eigenvalue weighted by Crippen LogP contribution is 2.28. The number of rotatable bonds is 3. The Bertz CT molecular complexity index is 499. The van der Waals surface area contributed by atoms with Gasteiger partial charge < -0.3 is 10.6 Å². The van der Waals surface area contributed by atoms with Crippen molar-refractivity contribution in [2.24, 2.45) is 5.73 Å². The van der Waals surface area contributed by atoms with Crippen LogP contribution in [0.25, 0.3) is 0 Å². The molecule has 0 bridgehead atoms. The Labute approximate surface area is 133 Å². The number of carbonyl (C=O) groups excluding carboxylic acids is 1. The molecule has 2 N–H and O–H groups in total. The fourth-order valence-electron chi connectivity index (χ4n) is 2.29. The van der Waals surface area contributed by atoms with Crippen molar-refractivity contribution < 1.29 is 4.79 Å². The van der Waals surface area contributed by atoms with E-state index in [9.17, 15) is 4.79 Å². The Hall–Kier alpha value is -0.520. The maximum atomic E-state index is 12.2. The zero-order valence-electron chi connectivity index (χ0n) is 12.0. The van der Waals surface area contributed by atoms with Crippen LogP contribution in [0.2, 0.25) is 0 Å². The van der Waals surface area contributed by atoms with Gasteiger partial charge in [0, 0.05) is 28.5 Å². The first-order valence-corrected chi connectivity index (χ1v) is 8.68. The SMILES string of the molecule is Cc1cc(SCC(=O)N2CCC(N)CC2)c(C)cc1Br. The van der Waals surface area contributed by atoms with Crippen LogP contribution in [0.4, 0.5) is 0 Å². The van der Waals surface area contributed by atoms with Gasteiger partial charge in [-0.2, -0.15) is 0 Å². The van der Waals surface area contributed by atoms with Gasteiger partial charge in [-0.15, -0.1) is 11.8 Å². The monoisotopic (exact) mass is 356 g/mol. The number of thioether (sulfide) groups is 1. The quantitative estimate of drug-likeness (QED) is 0.846.